The van der Waals surface area contributed by atoms with E-state index in [1.54, 1.807) is 11.3 Å². The normalized spacial score (nSPS) is 16.7. The predicted octanol–water partition coefficient (Wildman–Crippen LogP) is 3.14. The molecule has 158 valence electrons. The van der Waals surface area contributed by atoms with E-state index in [9.17, 15) is 0 Å². The molecule has 1 saturated heterocycles. The molecular formula is C22H34N6S. The Balaban J connectivity index is 1.52. The van der Waals surface area contributed by atoms with E-state index in [1.807, 2.05) is 6.20 Å². The Morgan fingerprint density at radius 2 is 2.00 bits per heavy atom. The number of nitrogens with one attached hydrogen (secondary N) is 2. The van der Waals surface area contributed by atoms with E-state index in [2.05, 4.69) is 75.8 Å². The van der Waals surface area contributed by atoms with Crippen LogP contribution < -0.4 is 15.5 Å². The van der Waals surface area contributed by atoms with Crippen LogP contribution in [0.4, 0.5) is 5.82 Å². The van der Waals surface area contributed by atoms with E-state index in [4.69, 9.17) is 4.99 Å². The van der Waals surface area contributed by atoms with Gasteiger partial charge in [-0.05, 0) is 36.5 Å². The zero-order chi connectivity index (χ0) is 20.5. The first-order valence-corrected chi connectivity index (χ1v) is 11.5. The molecule has 0 aromatic carbocycles. The summed E-state index contributed by atoms with van der Waals surface area (Å²) in [5, 5.41) is 8.93. The monoisotopic (exact) mass is 414 g/mol. The SMILES string of the molecule is CCNC(=NCc1ccc(N2CCN(CC)CC2)nc1)NCC(C)c1cccs1. The fourth-order valence-electron chi connectivity index (χ4n) is 3.42. The maximum absolute atomic E-state index is 4.74. The van der Waals surface area contributed by atoms with Gasteiger partial charge in [0.1, 0.15) is 5.82 Å². The molecule has 0 radical (unpaired) electrons. The summed E-state index contributed by atoms with van der Waals surface area (Å²) in [5.41, 5.74) is 1.13. The third-order valence-corrected chi connectivity index (χ3v) is 6.43. The highest BCUT2D eigenvalue weighted by Gasteiger charge is 2.16. The summed E-state index contributed by atoms with van der Waals surface area (Å²) in [6.45, 7) is 14.4. The van der Waals surface area contributed by atoms with Crippen LogP contribution in [0.5, 0.6) is 0 Å². The van der Waals surface area contributed by atoms with E-state index < -0.39 is 0 Å². The first-order valence-electron chi connectivity index (χ1n) is 10.7. The second-order valence-corrected chi connectivity index (χ2v) is 8.42. The predicted molar refractivity (Wildman–Crippen MR) is 124 cm³/mol. The van der Waals surface area contributed by atoms with Crippen molar-refractivity contribution in [1.29, 1.82) is 0 Å². The zero-order valence-corrected chi connectivity index (χ0v) is 18.7. The van der Waals surface area contributed by atoms with Gasteiger partial charge in [-0.25, -0.2) is 9.98 Å². The molecule has 29 heavy (non-hydrogen) atoms. The number of likely N-dealkylation sites (N-methyl/N-ethyl adjacent to an activating group) is 1. The van der Waals surface area contributed by atoms with Gasteiger partial charge in [-0.15, -0.1) is 11.3 Å². The molecule has 0 bridgehead atoms. The molecule has 1 unspecified atom stereocenters. The second kappa shape index (κ2) is 11.2. The lowest BCUT2D eigenvalue weighted by atomic mass is 10.1. The fraction of sp³-hybridized carbons (Fsp3) is 0.545. The minimum Gasteiger partial charge on any atom is -0.357 e. The molecule has 3 heterocycles. The highest BCUT2D eigenvalue weighted by molar-refractivity contribution is 7.10. The lowest BCUT2D eigenvalue weighted by molar-refractivity contribution is 0.270. The Morgan fingerprint density at radius 1 is 1.17 bits per heavy atom. The van der Waals surface area contributed by atoms with Gasteiger partial charge in [0.2, 0.25) is 0 Å². The van der Waals surface area contributed by atoms with E-state index in [-0.39, 0.29) is 0 Å². The van der Waals surface area contributed by atoms with Crippen LogP contribution in [0.25, 0.3) is 0 Å². The van der Waals surface area contributed by atoms with Gasteiger partial charge in [0.25, 0.3) is 0 Å². The van der Waals surface area contributed by atoms with Crippen LogP contribution in [0.2, 0.25) is 0 Å². The van der Waals surface area contributed by atoms with Crippen LogP contribution in [0.15, 0.2) is 40.8 Å². The van der Waals surface area contributed by atoms with Gasteiger partial charge in [-0.1, -0.05) is 26.0 Å². The third-order valence-electron chi connectivity index (χ3n) is 5.32. The molecule has 6 nitrogen and oxygen atoms in total. The topological polar surface area (TPSA) is 55.8 Å². The Kier molecular flexibility index (Phi) is 8.31. The molecule has 1 atom stereocenters. The Labute approximate surface area is 179 Å². The first kappa shape index (κ1) is 21.6. The van der Waals surface area contributed by atoms with Crippen molar-refractivity contribution in [1.82, 2.24) is 20.5 Å². The molecule has 0 spiro atoms. The minimum absolute atomic E-state index is 0.466. The van der Waals surface area contributed by atoms with E-state index >= 15 is 0 Å². The van der Waals surface area contributed by atoms with Gasteiger partial charge in [0, 0.05) is 56.3 Å². The van der Waals surface area contributed by atoms with Gasteiger partial charge in [-0.3, -0.25) is 0 Å². The van der Waals surface area contributed by atoms with Crippen molar-refractivity contribution in [3.8, 4) is 0 Å². The lowest BCUT2D eigenvalue weighted by Gasteiger charge is -2.34. The second-order valence-electron chi connectivity index (χ2n) is 7.44. The quantitative estimate of drug-likeness (QED) is 0.513. The molecule has 2 N–H and O–H groups in total. The van der Waals surface area contributed by atoms with Crippen molar-refractivity contribution in [2.45, 2.75) is 33.2 Å². The average Bonchev–Trinajstić information content (AvgIpc) is 3.31. The Morgan fingerprint density at radius 3 is 2.62 bits per heavy atom. The first-order chi connectivity index (χ1) is 14.2. The molecule has 0 aliphatic carbocycles. The number of thiophene rings is 1. The number of guanidine groups is 1. The standard InChI is InChI=1S/C22H34N6S/c1-4-23-22(25-15-18(3)20-7-6-14-29-20)26-17-19-8-9-21(24-16-19)28-12-10-27(5-2)11-13-28/h6-9,14,16,18H,4-5,10-13,15,17H2,1-3H3,(H2,23,25,26). The molecule has 3 rings (SSSR count). The smallest absolute Gasteiger partial charge is 0.191 e. The van der Waals surface area contributed by atoms with Crippen molar-refractivity contribution in [2.24, 2.45) is 4.99 Å². The van der Waals surface area contributed by atoms with Gasteiger partial charge in [0.05, 0.1) is 6.54 Å². The number of rotatable bonds is 8. The maximum Gasteiger partial charge on any atom is 0.191 e. The summed E-state index contributed by atoms with van der Waals surface area (Å²) < 4.78 is 0. The molecule has 0 amide bonds. The lowest BCUT2D eigenvalue weighted by Crippen LogP contribution is -2.46. The van der Waals surface area contributed by atoms with Crippen LogP contribution >= 0.6 is 11.3 Å². The van der Waals surface area contributed by atoms with Crippen LogP contribution in [0, 0.1) is 0 Å². The molecular weight excluding hydrogens is 380 g/mol. The molecule has 1 aliphatic rings. The summed E-state index contributed by atoms with van der Waals surface area (Å²) in [7, 11) is 0. The minimum atomic E-state index is 0.466. The maximum atomic E-state index is 4.74. The van der Waals surface area contributed by atoms with E-state index in [1.165, 1.54) is 4.88 Å². The van der Waals surface area contributed by atoms with Gasteiger partial charge in [0.15, 0.2) is 5.96 Å². The molecule has 1 aliphatic heterocycles. The molecule has 7 heteroatoms. The summed E-state index contributed by atoms with van der Waals surface area (Å²) in [6.07, 6.45) is 1.96. The van der Waals surface area contributed by atoms with Crippen LogP contribution in [0.3, 0.4) is 0 Å². The third kappa shape index (κ3) is 6.44. The summed E-state index contributed by atoms with van der Waals surface area (Å²) in [6, 6.07) is 8.58. The highest BCUT2D eigenvalue weighted by Crippen LogP contribution is 2.19. The number of hydrogen-bond donors (Lipinski definition) is 2. The summed E-state index contributed by atoms with van der Waals surface area (Å²) >= 11 is 1.81. The Hall–Kier alpha value is -2.12. The fourth-order valence-corrected chi connectivity index (χ4v) is 4.21. The van der Waals surface area contributed by atoms with E-state index in [0.717, 1.165) is 63.2 Å². The van der Waals surface area contributed by atoms with Crippen LogP contribution in [-0.4, -0.2) is 61.7 Å². The number of hydrogen-bond acceptors (Lipinski definition) is 5. The van der Waals surface area contributed by atoms with Gasteiger partial charge >= 0.3 is 0 Å². The number of piperazine rings is 1. The summed E-state index contributed by atoms with van der Waals surface area (Å²) in [4.78, 5) is 15.7. The number of nitrogens with zero attached hydrogens (tertiary/aromatic N) is 4. The molecule has 0 saturated carbocycles. The van der Waals surface area contributed by atoms with Crippen molar-refractivity contribution in [3.63, 3.8) is 0 Å². The Bertz CT molecular complexity index is 735. The van der Waals surface area contributed by atoms with Crippen molar-refractivity contribution in [3.05, 3.63) is 46.3 Å². The number of aliphatic imine (C=N–C) groups is 1. The van der Waals surface area contributed by atoms with Crippen molar-refractivity contribution < 1.29 is 0 Å². The number of aromatic nitrogens is 1. The van der Waals surface area contributed by atoms with Crippen LogP contribution in [0.1, 0.15) is 37.1 Å². The van der Waals surface area contributed by atoms with Crippen molar-refractivity contribution in [2.75, 3.05) is 50.7 Å². The number of pyridine rings is 1. The highest BCUT2D eigenvalue weighted by atomic mass is 32.1. The van der Waals surface area contributed by atoms with Gasteiger partial charge < -0.3 is 20.4 Å². The van der Waals surface area contributed by atoms with E-state index in [0.29, 0.717) is 12.5 Å². The molecule has 1 fully saturated rings. The summed E-state index contributed by atoms with van der Waals surface area (Å²) in [5.74, 6) is 2.40. The largest absolute Gasteiger partial charge is 0.357 e. The van der Waals surface area contributed by atoms with Crippen molar-refractivity contribution >= 4 is 23.1 Å². The van der Waals surface area contributed by atoms with Gasteiger partial charge in [-0.2, -0.15) is 0 Å². The average molecular weight is 415 g/mol. The molecule has 2 aromatic heterocycles. The number of anilines is 1. The molecule has 2 aromatic rings. The zero-order valence-electron chi connectivity index (χ0n) is 17.9. The van der Waals surface area contributed by atoms with Crippen LogP contribution in [-0.2, 0) is 6.54 Å².